The number of aryl methyl sites for hydroxylation is 1. The van der Waals surface area contributed by atoms with Gasteiger partial charge in [-0.25, -0.2) is 0 Å². The van der Waals surface area contributed by atoms with Crippen LogP contribution < -0.4 is 45.0 Å². The van der Waals surface area contributed by atoms with Crippen molar-refractivity contribution in [2.45, 2.75) is 45.4 Å². The van der Waals surface area contributed by atoms with Crippen molar-refractivity contribution in [1.82, 2.24) is 39.6 Å². The number of amides is 1. The Bertz CT molecular complexity index is 1270. The number of halogens is 1. The van der Waals surface area contributed by atoms with Crippen molar-refractivity contribution in [2.75, 3.05) is 46.6 Å². The Morgan fingerprint density at radius 2 is 1.31 bits per heavy atom. The Labute approximate surface area is 259 Å². The molecule has 242 valence electrons. The van der Waals surface area contributed by atoms with Gasteiger partial charge in [0, 0.05) is 43.6 Å². The number of aromatic hydroxyl groups is 2. The number of aromatic nitrogens is 3. The summed E-state index contributed by atoms with van der Waals surface area (Å²) in [7, 11) is 0. The molecule has 42 heavy (non-hydrogen) atoms. The first-order valence-corrected chi connectivity index (χ1v) is 12.9. The molecular weight excluding hydrogens is 562 g/mol. The van der Waals surface area contributed by atoms with Crippen molar-refractivity contribution in [3.63, 3.8) is 0 Å². The van der Waals surface area contributed by atoms with Crippen LogP contribution >= 0.6 is 12.4 Å². The number of anilines is 5. The van der Waals surface area contributed by atoms with Crippen LogP contribution in [0.3, 0.4) is 0 Å². The molecule has 2 aliphatic rings. The molecule has 1 amide bonds. The first kappa shape index (κ1) is 38.0. The number of benzene rings is 2. The van der Waals surface area contributed by atoms with Gasteiger partial charge in [0.05, 0.1) is 11.3 Å². The van der Waals surface area contributed by atoms with E-state index in [0.717, 1.165) is 57.4 Å². The summed E-state index contributed by atoms with van der Waals surface area (Å²) < 4.78 is 0. The monoisotopic (exact) mass is 615 g/mol. The van der Waals surface area contributed by atoms with Gasteiger partial charge in [0.25, 0.3) is 5.91 Å². The van der Waals surface area contributed by atoms with E-state index in [2.05, 4.69) is 20.4 Å². The van der Waals surface area contributed by atoms with Crippen LogP contribution in [0.1, 0.15) is 60.2 Å². The average molecular weight is 616 g/mol. The maximum atomic E-state index is 12.6. The number of hydrogen-bond acceptors (Lipinski definition) is 13. The SMILES string of the molecule is Cc1ccc(C(=O)Nc2ccc(Nc3nc(N4CCCCC4)nc(N4CCCCC4)n3)cc2O)c(O)c1.Cl.N.N.N.N.[HH].[HH].[HH].[HH]. The molecule has 2 aliphatic heterocycles. The standard InChI is InChI=1S/C27H33N7O3.ClH.4H3N.4H2/c1-18-8-10-20(22(35)16-18)24(37)29-21-11-9-19(17-23(21)36)28-25-30-26(33-12-4-2-5-13-33)32-27(31-25)34-14-6-3-7-15-34;;;;;;;;;/h8-11,16-17,35-36H,2-7,12-15H2,1H3,(H,29,37)(H,28,30,31,32);1H;4*1H3;4*1H. The van der Waals surface area contributed by atoms with E-state index in [-0.39, 0.29) is 65.5 Å². The smallest absolute Gasteiger partial charge is 0.259 e. The topological polar surface area (TPSA) is 267 Å². The number of carbonyl (C=O) groups excluding carboxylic acids is 1. The number of phenolic OH excluding ortho intramolecular Hbond substituents is 2. The molecule has 15 heteroatoms. The molecule has 3 aromatic rings. The molecule has 0 atom stereocenters. The van der Waals surface area contributed by atoms with E-state index >= 15 is 0 Å². The number of carbonyl (C=O) groups is 1. The first-order valence-electron chi connectivity index (χ1n) is 12.9. The lowest BCUT2D eigenvalue weighted by molar-refractivity contribution is 0.102. The number of nitrogens with zero attached hydrogens (tertiary/aromatic N) is 5. The van der Waals surface area contributed by atoms with E-state index in [1.807, 2.05) is 6.92 Å². The minimum Gasteiger partial charge on any atom is -0.507 e. The van der Waals surface area contributed by atoms with Crippen molar-refractivity contribution in [3.8, 4) is 11.5 Å². The minimum atomic E-state index is -0.511. The van der Waals surface area contributed by atoms with Gasteiger partial charge in [-0.15, -0.1) is 12.4 Å². The van der Waals surface area contributed by atoms with Gasteiger partial charge in [0.15, 0.2) is 0 Å². The summed E-state index contributed by atoms with van der Waals surface area (Å²) in [5, 5.41) is 26.6. The summed E-state index contributed by atoms with van der Waals surface area (Å²) >= 11 is 0. The Balaban J connectivity index is -0.000000623. The fourth-order valence-electron chi connectivity index (χ4n) is 4.75. The summed E-state index contributed by atoms with van der Waals surface area (Å²) in [4.78, 5) is 31.2. The third kappa shape index (κ3) is 9.03. The lowest BCUT2D eigenvalue weighted by Crippen LogP contribution is -2.34. The minimum absolute atomic E-state index is 0. The summed E-state index contributed by atoms with van der Waals surface area (Å²) in [6.07, 6.45) is 6.92. The van der Waals surface area contributed by atoms with Gasteiger partial charge in [0.2, 0.25) is 17.8 Å². The predicted molar refractivity (Wildman–Crippen MR) is 180 cm³/mol. The molecule has 0 radical (unpaired) electrons. The number of nitrogens with one attached hydrogen (secondary N) is 2. The zero-order chi connectivity index (χ0) is 25.8. The summed E-state index contributed by atoms with van der Waals surface area (Å²) in [5.74, 6) is 1.01. The molecule has 2 saturated heterocycles. The molecule has 0 spiro atoms. The van der Waals surface area contributed by atoms with Gasteiger partial charge in [-0.05, 0) is 75.3 Å². The quantitative estimate of drug-likeness (QED) is 0.135. The average Bonchev–Trinajstić information content (AvgIpc) is 2.91. The lowest BCUT2D eigenvalue weighted by Gasteiger charge is -2.30. The Morgan fingerprint density at radius 1 is 0.762 bits per heavy atom. The number of rotatable bonds is 6. The van der Waals surface area contributed by atoms with Crippen molar-refractivity contribution in [2.24, 2.45) is 0 Å². The predicted octanol–water partition coefficient (Wildman–Crippen LogP) is 6.62. The number of phenols is 2. The summed E-state index contributed by atoms with van der Waals surface area (Å²) in [6, 6.07) is 9.65. The second kappa shape index (κ2) is 17.1. The second-order valence-electron chi connectivity index (χ2n) is 9.69. The third-order valence-corrected chi connectivity index (χ3v) is 6.79. The molecule has 0 saturated carbocycles. The second-order valence-corrected chi connectivity index (χ2v) is 9.69. The van der Waals surface area contributed by atoms with E-state index in [1.54, 1.807) is 24.3 Å². The highest BCUT2D eigenvalue weighted by Gasteiger charge is 2.21. The van der Waals surface area contributed by atoms with Gasteiger partial charge in [0.1, 0.15) is 11.5 Å². The van der Waals surface area contributed by atoms with Crippen LogP contribution in [0.2, 0.25) is 0 Å². The normalized spacial score (nSPS) is 14.0. The zero-order valence-electron chi connectivity index (χ0n) is 24.3. The van der Waals surface area contributed by atoms with Crippen LogP contribution in [0.5, 0.6) is 11.5 Å². The van der Waals surface area contributed by atoms with Crippen LogP contribution in [0.25, 0.3) is 0 Å². The molecular formula is C27H54ClN11O3. The highest BCUT2D eigenvalue weighted by atomic mass is 35.5. The lowest BCUT2D eigenvalue weighted by atomic mass is 10.1. The first-order chi connectivity index (χ1) is 18.0. The largest absolute Gasteiger partial charge is 0.507 e. The molecule has 0 bridgehead atoms. The summed E-state index contributed by atoms with van der Waals surface area (Å²) in [6.45, 7) is 5.53. The Morgan fingerprint density at radius 3 is 1.81 bits per heavy atom. The maximum absolute atomic E-state index is 12.6. The molecule has 5 rings (SSSR count). The highest BCUT2D eigenvalue weighted by molar-refractivity contribution is 6.07. The van der Waals surface area contributed by atoms with Gasteiger partial charge >= 0.3 is 0 Å². The van der Waals surface area contributed by atoms with Gasteiger partial charge in [-0.2, -0.15) is 15.0 Å². The fourth-order valence-corrected chi connectivity index (χ4v) is 4.75. The number of hydrogen-bond donors (Lipinski definition) is 8. The summed E-state index contributed by atoms with van der Waals surface area (Å²) in [5.41, 5.74) is 1.79. The van der Waals surface area contributed by atoms with Crippen molar-refractivity contribution in [1.29, 1.82) is 0 Å². The fraction of sp³-hybridized carbons (Fsp3) is 0.407. The van der Waals surface area contributed by atoms with Crippen LogP contribution in [-0.2, 0) is 0 Å². The molecule has 2 aromatic carbocycles. The van der Waals surface area contributed by atoms with Gasteiger partial charge in [-0.3, -0.25) is 4.79 Å². The van der Waals surface area contributed by atoms with Gasteiger partial charge < -0.3 is 55.2 Å². The molecule has 16 N–H and O–H groups in total. The Kier molecular flexibility index (Phi) is 15.5. The van der Waals surface area contributed by atoms with Crippen molar-refractivity contribution < 1.29 is 20.7 Å². The molecule has 1 aromatic heterocycles. The van der Waals surface area contributed by atoms with Crippen LogP contribution in [0, 0.1) is 6.92 Å². The molecule has 0 aliphatic carbocycles. The zero-order valence-corrected chi connectivity index (χ0v) is 25.1. The highest BCUT2D eigenvalue weighted by Crippen LogP contribution is 2.30. The maximum Gasteiger partial charge on any atom is 0.259 e. The van der Waals surface area contributed by atoms with Crippen molar-refractivity contribution >= 4 is 47.5 Å². The molecule has 0 unspecified atom stereocenters. The van der Waals surface area contributed by atoms with E-state index in [1.165, 1.54) is 25.0 Å². The van der Waals surface area contributed by atoms with E-state index in [4.69, 9.17) is 15.0 Å². The van der Waals surface area contributed by atoms with Crippen LogP contribution in [0.15, 0.2) is 36.4 Å². The van der Waals surface area contributed by atoms with Crippen LogP contribution in [0.4, 0.5) is 29.2 Å². The van der Waals surface area contributed by atoms with E-state index in [9.17, 15) is 15.0 Å². The van der Waals surface area contributed by atoms with E-state index in [0.29, 0.717) is 23.5 Å². The molecule has 3 heterocycles. The molecule has 2 fully saturated rings. The Hall–Kier alpha value is -3.95. The third-order valence-electron chi connectivity index (χ3n) is 6.79. The van der Waals surface area contributed by atoms with Crippen molar-refractivity contribution in [3.05, 3.63) is 47.5 Å². The van der Waals surface area contributed by atoms with Crippen LogP contribution in [-0.4, -0.2) is 57.3 Å². The molecule has 14 nitrogen and oxygen atoms in total. The van der Waals surface area contributed by atoms with Gasteiger partial charge in [-0.1, -0.05) is 6.07 Å². The van der Waals surface area contributed by atoms with E-state index < -0.39 is 5.91 Å². The number of piperidine rings is 2.